The summed E-state index contributed by atoms with van der Waals surface area (Å²) in [6.45, 7) is 1.07. The summed E-state index contributed by atoms with van der Waals surface area (Å²) >= 11 is 0. The maximum atomic E-state index is 12.0. The predicted molar refractivity (Wildman–Crippen MR) is 69.5 cm³/mol. The summed E-state index contributed by atoms with van der Waals surface area (Å²) in [5.41, 5.74) is 1.64. The molecular formula is C13H17N3O3. The van der Waals surface area contributed by atoms with E-state index >= 15 is 0 Å². The number of nitrogens with one attached hydrogen (secondary N) is 1. The Balaban J connectivity index is 1.88. The molecule has 3 rings (SSSR count). The first-order valence-electron chi connectivity index (χ1n) is 6.75. The zero-order valence-corrected chi connectivity index (χ0v) is 10.7. The Bertz CT molecular complexity index is 567. The number of nitrogens with zero attached hydrogens (tertiary/aromatic N) is 2. The largest absolute Gasteiger partial charge is 0.481 e. The third-order valence-electron chi connectivity index (χ3n) is 4.02. The zero-order valence-electron chi connectivity index (χ0n) is 10.7. The van der Waals surface area contributed by atoms with Gasteiger partial charge in [0.1, 0.15) is 0 Å². The summed E-state index contributed by atoms with van der Waals surface area (Å²) in [4.78, 5) is 32.2. The Labute approximate surface area is 110 Å². The second-order valence-electron chi connectivity index (χ2n) is 5.29. The molecule has 1 aliphatic carbocycles. The zero-order chi connectivity index (χ0) is 13.4. The molecule has 1 saturated heterocycles. The Morgan fingerprint density at radius 2 is 2.16 bits per heavy atom. The monoisotopic (exact) mass is 263 g/mol. The van der Waals surface area contributed by atoms with Gasteiger partial charge in [0.05, 0.1) is 11.6 Å². The van der Waals surface area contributed by atoms with Crippen molar-refractivity contribution in [3.8, 4) is 0 Å². The maximum absolute atomic E-state index is 12.0. The number of aromatic amines is 1. The van der Waals surface area contributed by atoms with Crippen LogP contribution in [-0.4, -0.2) is 34.1 Å². The third-order valence-corrected chi connectivity index (χ3v) is 4.02. The Kier molecular flexibility index (Phi) is 3.00. The molecule has 0 unspecified atom stereocenters. The van der Waals surface area contributed by atoms with Crippen molar-refractivity contribution in [2.24, 2.45) is 5.92 Å². The highest BCUT2D eigenvalue weighted by Crippen LogP contribution is 2.23. The lowest BCUT2D eigenvalue weighted by molar-refractivity contribution is -0.140. The van der Waals surface area contributed by atoms with Gasteiger partial charge in [0, 0.05) is 18.7 Å². The predicted octanol–water partition coefficient (Wildman–Crippen LogP) is 0.560. The molecule has 1 atom stereocenters. The van der Waals surface area contributed by atoms with Crippen LogP contribution in [0.1, 0.15) is 30.5 Å². The number of fused-ring (bicyclic) bond motifs is 1. The summed E-state index contributed by atoms with van der Waals surface area (Å²) < 4.78 is 0. The van der Waals surface area contributed by atoms with Crippen LogP contribution in [0.15, 0.2) is 4.79 Å². The van der Waals surface area contributed by atoms with E-state index in [9.17, 15) is 9.59 Å². The van der Waals surface area contributed by atoms with Crippen LogP contribution in [-0.2, 0) is 17.6 Å². The summed E-state index contributed by atoms with van der Waals surface area (Å²) in [7, 11) is 0. The minimum atomic E-state index is -0.775. The van der Waals surface area contributed by atoms with E-state index in [4.69, 9.17) is 5.11 Å². The minimum Gasteiger partial charge on any atom is -0.481 e. The molecule has 102 valence electrons. The van der Waals surface area contributed by atoms with Crippen molar-refractivity contribution in [1.29, 1.82) is 0 Å². The van der Waals surface area contributed by atoms with Crippen LogP contribution in [0.2, 0.25) is 0 Å². The molecule has 0 spiro atoms. The van der Waals surface area contributed by atoms with Crippen LogP contribution in [0.5, 0.6) is 0 Å². The van der Waals surface area contributed by atoms with Crippen molar-refractivity contribution in [2.45, 2.75) is 32.1 Å². The number of aliphatic carboxylic acids is 1. The van der Waals surface area contributed by atoms with Gasteiger partial charge in [-0.3, -0.25) is 14.6 Å². The van der Waals surface area contributed by atoms with Crippen LogP contribution >= 0.6 is 0 Å². The second kappa shape index (κ2) is 4.68. The van der Waals surface area contributed by atoms with Gasteiger partial charge in [0.2, 0.25) is 5.95 Å². The van der Waals surface area contributed by atoms with E-state index in [-0.39, 0.29) is 11.5 Å². The minimum absolute atomic E-state index is 0.0570. The Hall–Kier alpha value is -1.85. The molecule has 2 aliphatic rings. The number of carboxylic acids is 1. The van der Waals surface area contributed by atoms with Crippen LogP contribution < -0.4 is 10.5 Å². The first-order chi connectivity index (χ1) is 9.15. The first-order valence-corrected chi connectivity index (χ1v) is 6.75. The number of carboxylic acid groups (broad SMARTS) is 1. The lowest BCUT2D eigenvalue weighted by Crippen LogP contribution is -2.29. The average Bonchev–Trinajstić information content (AvgIpc) is 2.88. The number of aryl methyl sites for hydroxylation is 1. The quantitative estimate of drug-likeness (QED) is 0.814. The van der Waals surface area contributed by atoms with E-state index in [1.807, 2.05) is 4.90 Å². The summed E-state index contributed by atoms with van der Waals surface area (Å²) in [5.74, 6) is -0.599. The van der Waals surface area contributed by atoms with Gasteiger partial charge in [-0.15, -0.1) is 0 Å². The van der Waals surface area contributed by atoms with E-state index in [1.165, 1.54) is 0 Å². The van der Waals surface area contributed by atoms with Gasteiger partial charge in [-0.2, -0.15) is 0 Å². The van der Waals surface area contributed by atoms with Crippen molar-refractivity contribution in [1.82, 2.24) is 9.97 Å². The molecule has 1 aliphatic heterocycles. The maximum Gasteiger partial charge on any atom is 0.308 e. The smallest absolute Gasteiger partial charge is 0.308 e. The fourth-order valence-corrected chi connectivity index (χ4v) is 2.89. The summed E-state index contributed by atoms with van der Waals surface area (Å²) in [6.07, 6.45) is 4.37. The lowest BCUT2D eigenvalue weighted by Gasteiger charge is -2.20. The van der Waals surface area contributed by atoms with E-state index in [1.54, 1.807) is 0 Å². The molecule has 0 aromatic carbocycles. The normalized spacial score (nSPS) is 22.3. The molecule has 6 nitrogen and oxygen atoms in total. The second-order valence-corrected chi connectivity index (χ2v) is 5.29. The number of hydrogen-bond donors (Lipinski definition) is 2. The van der Waals surface area contributed by atoms with Gasteiger partial charge in [-0.25, -0.2) is 4.98 Å². The van der Waals surface area contributed by atoms with Gasteiger partial charge >= 0.3 is 5.97 Å². The van der Waals surface area contributed by atoms with Crippen LogP contribution in [0, 0.1) is 5.92 Å². The van der Waals surface area contributed by atoms with Crippen LogP contribution in [0.25, 0.3) is 0 Å². The molecule has 2 heterocycles. The first kappa shape index (κ1) is 12.2. The fourth-order valence-electron chi connectivity index (χ4n) is 2.89. The number of hydrogen-bond acceptors (Lipinski definition) is 4. The molecule has 2 N–H and O–H groups in total. The van der Waals surface area contributed by atoms with Crippen molar-refractivity contribution >= 4 is 11.9 Å². The standard InChI is InChI=1S/C13H17N3O3/c17-11-9-3-1-2-4-10(9)14-13(15-11)16-6-5-8(7-16)12(18)19/h8H,1-7H2,(H,18,19)(H,14,15,17)/t8-/m1/s1. The molecule has 6 heteroatoms. The van der Waals surface area contributed by atoms with Crippen molar-refractivity contribution < 1.29 is 9.90 Å². The molecule has 19 heavy (non-hydrogen) atoms. The Morgan fingerprint density at radius 1 is 1.37 bits per heavy atom. The average molecular weight is 263 g/mol. The SMILES string of the molecule is O=C(O)[C@@H]1CCN(c2nc3c(c(=O)[nH]2)CCCC3)C1. The van der Waals surface area contributed by atoms with Crippen molar-refractivity contribution in [2.75, 3.05) is 18.0 Å². The van der Waals surface area contributed by atoms with Crippen LogP contribution in [0.3, 0.4) is 0 Å². The highest BCUT2D eigenvalue weighted by Gasteiger charge is 2.30. The molecule has 0 saturated carbocycles. The molecule has 0 amide bonds. The lowest BCUT2D eigenvalue weighted by atomic mass is 9.97. The third kappa shape index (κ3) is 2.22. The summed E-state index contributed by atoms with van der Waals surface area (Å²) in [5, 5.41) is 9.01. The number of H-pyrrole nitrogens is 1. The Morgan fingerprint density at radius 3 is 2.89 bits per heavy atom. The molecule has 1 fully saturated rings. The fraction of sp³-hybridized carbons (Fsp3) is 0.615. The van der Waals surface area contributed by atoms with Crippen LogP contribution in [0.4, 0.5) is 5.95 Å². The summed E-state index contributed by atoms with van der Waals surface area (Å²) in [6, 6.07) is 0. The van der Waals surface area contributed by atoms with Gasteiger partial charge in [-0.05, 0) is 32.1 Å². The topological polar surface area (TPSA) is 86.3 Å². The molecule has 1 aromatic heterocycles. The van der Waals surface area contributed by atoms with E-state index in [0.29, 0.717) is 25.5 Å². The number of rotatable bonds is 2. The number of aromatic nitrogens is 2. The van der Waals surface area contributed by atoms with Gasteiger partial charge < -0.3 is 10.0 Å². The van der Waals surface area contributed by atoms with E-state index in [2.05, 4.69) is 9.97 Å². The van der Waals surface area contributed by atoms with Gasteiger partial charge in [0.15, 0.2) is 0 Å². The highest BCUT2D eigenvalue weighted by atomic mass is 16.4. The molecular weight excluding hydrogens is 246 g/mol. The van der Waals surface area contributed by atoms with Crippen molar-refractivity contribution in [3.05, 3.63) is 21.6 Å². The molecule has 0 bridgehead atoms. The number of anilines is 1. The van der Waals surface area contributed by atoms with E-state index in [0.717, 1.165) is 36.9 Å². The number of carbonyl (C=O) groups is 1. The molecule has 0 radical (unpaired) electrons. The van der Waals surface area contributed by atoms with Crippen molar-refractivity contribution in [3.63, 3.8) is 0 Å². The van der Waals surface area contributed by atoms with Gasteiger partial charge in [-0.1, -0.05) is 0 Å². The van der Waals surface area contributed by atoms with Gasteiger partial charge in [0.25, 0.3) is 5.56 Å². The van der Waals surface area contributed by atoms with E-state index < -0.39 is 5.97 Å². The highest BCUT2D eigenvalue weighted by molar-refractivity contribution is 5.71. The molecule has 1 aromatic rings.